The summed E-state index contributed by atoms with van der Waals surface area (Å²) in [6, 6.07) is 2.09. The van der Waals surface area contributed by atoms with Crippen LogP contribution in [0.15, 0.2) is 12.4 Å². The van der Waals surface area contributed by atoms with Crippen LogP contribution in [0.25, 0.3) is 10.2 Å². The van der Waals surface area contributed by atoms with Gasteiger partial charge in [0.25, 0.3) is 0 Å². The van der Waals surface area contributed by atoms with E-state index in [9.17, 15) is 0 Å². The molecule has 0 unspecified atom stereocenters. The van der Waals surface area contributed by atoms with Crippen molar-refractivity contribution in [2.75, 3.05) is 13.2 Å². The van der Waals surface area contributed by atoms with Gasteiger partial charge in [0.15, 0.2) is 0 Å². The molecule has 4 nitrogen and oxygen atoms in total. The summed E-state index contributed by atoms with van der Waals surface area (Å²) < 4.78 is 5.46. The number of hydrogen-bond donors (Lipinski definition) is 1. The van der Waals surface area contributed by atoms with Gasteiger partial charge in [0.05, 0.1) is 5.39 Å². The molecule has 0 fully saturated rings. The molecule has 0 aliphatic heterocycles. The van der Waals surface area contributed by atoms with Crippen LogP contribution in [0.1, 0.15) is 11.8 Å². The van der Waals surface area contributed by atoms with Gasteiger partial charge in [-0.3, -0.25) is 0 Å². The summed E-state index contributed by atoms with van der Waals surface area (Å²) in [5, 5.41) is 0.993. The van der Waals surface area contributed by atoms with Gasteiger partial charge < -0.3 is 10.5 Å². The Balaban J connectivity index is 2.40. The lowest BCUT2D eigenvalue weighted by atomic mass is 10.3. The lowest BCUT2D eigenvalue weighted by Gasteiger charge is -2.02. The highest BCUT2D eigenvalue weighted by atomic mass is 32.1. The Bertz CT molecular complexity index is 455. The number of nitrogens with zero attached hydrogens (tertiary/aromatic N) is 2. The first-order chi connectivity index (χ1) is 7.35. The van der Waals surface area contributed by atoms with Crippen LogP contribution in [0.3, 0.4) is 0 Å². The summed E-state index contributed by atoms with van der Waals surface area (Å²) in [4.78, 5) is 10.6. The zero-order chi connectivity index (χ0) is 10.7. The van der Waals surface area contributed by atoms with Crippen LogP contribution >= 0.6 is 11.3 Å². The third-order valence-electron chi connectivity index (χ3n) is 2.05. The number of hydrogen-bond acceptors (Lipinski definition) is 5. The van der Waals surface area contributed by atoms with Gasteiger partial charge in [-0.2, -0.15) is 0 Å². The van der Waals surface area contributed by atoms with Crippen molar-refractivity contribution in [1.29, 1.82) is 0 Å². The molecule has 0 saturated carbocycles. The van der Waals surface area contributed by atoms with E-state index in [1.54, 1.807) is 11.3 Å². The second-order valence-corrected chi connectivity index (χ2v) is 4.22. The zero-order valence-electron chi connectivity index (χ0n) is 8.56. The molecule has 80 valence electrons. The lowest BCUT2D eigenvalue weighted by Crippen LogP contribution is -2.11. The molecule has 0 radical (unpaired) electrons. The summed E-state index contributed by atoms with van der Waals surface area (Å²) in [6.07, 6.45) is 2.54. The summed E-state index contributed by atoms with van der Waals surface area (Å²) in [5.41, 5.74) is 5.39. The van der Waals surface area contributed by atoms with Crippen LogP contribution in [0.2, 0.25) is 0 Å². The van der Waals surface area contributed by atoms with Crippen LogP contribution in [0.4, 0.5) is 0 Å². The van der Waals surface area contributed by atoms with Crippen molar-refractivity contribution in [1.82, 2.24) is 9.97 Å². The van der Waals surface area contributed by atoms with Crippen LogP contribution in [-0.4, -0.2) is 23.1 Å². The van der Waals surface area contributed by atoms with Crippen molar-refractivity contribution in [2.45, 2.75) is 13.3 Å². The van der Waals surface area contributed by atoms with Gasteiger partial charge in [-0.05, 0) is 12.5 Å². The molecule has 5 heteroatoms. The lowest BCUT2D eigenvalue weighted by molar-refractivity contribution is 0.319. The van der Waals surface area contributed by atoms with Gasteiger partial charge >= 0.3 is 0 Å². The van der Waals surface area contributed by atoms with Crippen LogP contribution < -0.4 is 10.5 Å². The van der Waals surface area contributed by atoms with Gasteiger partial charge in [-0.15, -0.1) is 11.3 Å². The smallest absolute Gasteiger partial charge is 0.225 e. The standard InChI is InChI=1S/C10H13N3OS/c1-2-7-5-8-9(14-4-3-11)12-6-13-10(8)15-7/h5-6H,2-4,11H2,1H3. The first kappa shape index (κ1) is 10.3. The van der Waals surface area contributed by atoms with Crippen molar-refractivity contribution in [3.8, 4) is 5.88 Å². The summed E-state index contributed by atoms with van der Waals surface area (Å²) >= 11 is 1.68. The van der Waals surface area contributed by atoms with Crippen molar-refractivity contribution < 1.29 is 4.74 Å². The predicted octanol–water partition coefficient (Wildman–Crippen LogP) is 1.59. The number of thiophene rings is 1. The minimum atomic E-state index is 0.490. The Morgan fingerprint density at radius 2 is 2.33 bits per heavy atom. The van der Waals surface area contributed by atoms with E-state index in [-0.39, 0.29) is 0 Å². The van der Waals surface area contributed by atoms with Gasteiger partial charge in [0.1, 0.15) is 17.8 Å². The van der Waals surface area contributed by atoms with E-state index in [2.05, 4.69) is 23.0 Å². The Labute approximate surface area is 92.1 Å². The first-order valence-corrected chi connectivity index (χ1v) is 5.73. The molecule has 0 aliphatic carbocycles. The minimum Gasteiger partial charge on any atom is -0.476 e. The highest BCUT2D eigenvalue weighted by molar-refractivity contribution is 7.18. The minimum absolute atomic E-state index is 0.490. The number of fused-ring (bicyclic) bond motifs is 1. The third kappa shape index (κ3) is 2.08. The monoisotopic (exact) mass is 223 g/mol. The molecule has 0 aromatic carbocycles. The maximum absolute atomic E-state index is 5.46. The fourth-order valence-electron chi connectivity index (χ4n) is 1.33. The number of nitrogens with two attached hydrogens (primary N) is 1. The van der Waals surface area contributed by atoms with Crippen LogP contribution in [0.5, 0.6) is 5.88 Å². The van der Waals surface area contributed by atoms with Crippen LogP contribution in [-0.2, 0) is 6.42 Å². The molecule has 0 bridgehead atoms. The molecule has 2 aromatic rings. The molecule has 2 aromatic heterocycles. The van der Waals surface area contributed by atoms with E-state index in [0.717, 1.165) is 16.6 Å². The summed E-state index contributed by atoms with van der Waals surface area (Å²) in [6.45, 7) is 3.11. The van der Waals surface area contributed by atoms with Crippen molar-refractivity contribution in [2.24, 2.45) is 5.73 Å². The fraction of sp³-hybridized carbons (Fsp3) is 0.400. The largest absolute Gasteiger partial charge is 0.476 e. The molecule has 0 amide bonds. The second-order valence-electron chi connectivity index (χ2n) is 3.10. The van der Waals surface area contributed by atoms with E-state index in [0.29, 0.717) is 19.0 Å². The van der Waals surface area contributed by atoms with Gasteiger partial charge in [0, 0.05) is 11.4 Å². The molecule has 15 heavy (non-hydrogen) atoms. The maximum atomic E-state index is 5.46. The Kier molecular flexibility index (Phi) is 3.13. The van der Waals surface area contributed by atoms with E-state index < -0.39 is 0 Å². The fourth-order valence-corrected chi connectivity index (χ4v) is 2.25. The third-order valence-corrected chi connectivity index (χ3v) is 3.24. The molecule has 2 heterocycles. The molecule has 0 saturated heterocycles. The number of aromatic nitrogens is 2. The molecule has 2 N–H and O–H groups in total. The second kappa shape index (κ2) is 4.55. The summed E-state index contributed by atoms with van der Waals surface area (Å²) in [7, 11) is 0. The SMILES string of the molecule is CCc1cc2c(OCCN)ncnc2s1. The van der Waals surface area contributed by atoms with Crippen LogP contribution in [0, 0.1) is 0 Å². The highest BCUT2D eigenvalue weighted by Gasteiger charge is 2.08. The first-order valence-electron chi connectivity index (χ1n) is 4.91. The summed E-state index contributed by atoms with van der Waals surface area (Å²) in [5.74, 6) is 0.640. The average molecular weight is 223 g/mol. The number of ether oxygens (including phenoxy) is 1. The molecule has 0 spiro atoms. The molecule has 2 rings (SSSR count). The zero-order valence-corrected chi connectivity index (χ0v) is 9.38. The molecule has 0 aliphatic rings. The molecule has 0 atom stereocenters. The van der Waals surface area contributed by atoms with Crippen molar-refractivity contribution in [3.63, 3.8) is 0 Å². The van der Waals surface area contributed by atoms with Gasteiger partial charge in [-0.1, -0.05) is 6.92 Å². The Morgan fingerprint density at radius 1 is 1.47 bits per heavy atom. The van der Waals surface area contributed by atoms with E-state index in [1.807, 2.05) is 0 Å². The van der Waals surface area contributed by atoms with Gasteiger partial charge in [0.2, 0.25) is 5.88 Å². The number of rotatable bonds is 4. The van der Waals surface area contributed by atoms with Crippen molar-refractivity contribution >= 4 is 21.6 Å². The Hall–Kier alpha value is -1.20. The topological polar surface area (TPSA) is 61.0 Å². The normalized spacial score (nSPS) is 10.8. The van der Waals surface area contributed by atoms with Gasteiger partial charge in [-0.25, -0.2) is 9.97 Å². The van der Waals surface area contributed by atoms with E-state index in [4.69, 9.17) is 10.5 Å². The predicted molar refractivity (Wildman–Crippen MR) is 61.3 cm³/mol. The van der Waals surface area contributed by atoms with E-state index >= 15 is 0 Å². The Morgan fingerprint density at radius 3 is 3.07 bits per heavy atom. The van der Waals surface area contributed by atoms with E-state index in [1.165, 1.54) is 11.2 Å². The highest BCUT2D eigenvalue weighted by Crippen LogP contribution is 2.29. The number of aryl methyl sites for hydroxylation is 1. The molecular weight excluding hydrogens is 210 g/mol. The quantitative estimate of drug-likeness (QED) is 0.855. The average Bonchev–Trinajstić information content (AvgIpc) is 2.69. The molecular formula is C10H13N3OS. The maximum Gasteiger partial charge on any atom is 0.225 e. The van der Waals surface area contributed by atoms with Crippen molar-refractivity contribution in [3.05, 3.63) is 17.3 Å².